The number of aromatic nitrogens is 2. The van der Waals surface area contributed by atoms with Gasteiger partial charge in [0.2, 0.25) is 0 Å². The van der Waals surface area contributed by atoms with E-state index in [2.05, 4.69) is 10.4 Å². The highest BCUT2D eigenvalue weighted by molar-refractivity contribution is 6.32. The molecular weight excluding hydrogens is 479 g/mol. The number of carbonyl (C=O) groups is 1. The average molecular weight is 506 g/mol. The molecule has 9 heteroatoms. The second-order valence-corrected chi connectivity index (χ2v) is 9.29. The van der Waals surface area contributed by atoms with Crippen LogP contribution in [-0.4, -0.2) is 22.2 Å². The number of nitrogens with zero attached hydrogens (tertiary/aromatic N) is 2. The minimum absolute atomic E-state index is 0.0224. The number of alkyl halides is 3. The van der Waals surface area contributed by atoms with Gasteiger partial charge in [0.1, 0.15) is 12.4 Å². The number of halogens is 4. The summed E-state index contributed by atoms with van der Waals surface area (Å²) >= 11 is 6.00. The first kappa shape index (κ1) is 25.1. The molecule has 0 atom stereocenters. The van der Waals surface area contributed by atoms with Gasteiger partial charge < -0.3 is 10.1 Å². The van der Waals surface area contributed by atoms with E-state index in [0.29, 0.717) is 30.8 Å². The molecule has 1 aromatic heterocycles. The second kappa shape index (κ2) is 10.3. The van der Waals surface area contributed by atoms with E-state index in [9.17, 15) is 18.0 Å². The lowest BCUT2D eigenvalue weighted by atomic mass is 10.1. The lowest BCUT2D eigenvalue weighted by Crippen LogP contribution is -2.25. The van der Waals surface area contributed by atoms with Crippen molar-refractivity contribution in [2.45, 2.75) is 58.4 Å². The summed E-state index contributed by atoms with van der Waals surface area (Å²) in [6.45, 7) is 4.85. The van der Waals surface area contributed by atoms with Crippen LogP contribution in [0.4, 0.5) is 13.2 Å². The van der Waals surface area contributed by atoms with Gasteiger partial charge in [-0.25, -0.2) is 0 Å². The predicted molar refractivity (Wildman–Crippen MR) is 128 cm³/mol. The van der Waals surface area contributed by atoms with Crippen LogP contribution in [0.15, 0.2) is 42.5 Å². The molecule has 0 radical (unpaired) electrons. The van der Waals surface area contributed by atoms with E-state index in [1.54, 1.807) is 18.2 Å². The molecule has 0 bridgehead atoms. The Labute approximate surface area is 207 Å². The Balaban J connectivity index is 1.31. The van der Waals surface area contributed by atoms with Crippen molar-refractivity contribution in [3.05, 3.63) is 81.1 Å². The van der Waals surface area contributed by atoms with Crippen molar-refractivity contribution in [2.24, 2.45) is 0 Å². The van der Waals surface area contributed by atoms with Crippen LogP contribution in [0.1, 0.15) is 63.6 Å². The molecule has 2 aromatic carbocycles. The van der Waals surface area contributed by atoms with E-state index < -0.39 is 11.9 Å². The molecule has 0 aliphatic heterocycles. The van der Waals surface area contributed by atoms with Gasteiger partial charge in [-0.1, -0.05) is 35.9 Å². The Kier molecular flexibility index (Phi) is 7.40. The van der Waals surface area contributed by atoms with Crippen LogP contribution in [0.3, 0.4) is 0 Å². The van der Waals surface area contributed by atoms with Gasteiger partial charge in [0.15, 0.2) is 5.69 Å². The molecule has 0 saturated heterocycles. The first-order valence-electron chi connectivity index (χ1n) is 11.5. The van der Waals surface area contributed by atoms with Crippen LogP contribution in [0.5, 0.6) is 5.75 Å². The zero-order valence-corrected chi connectivity index (χ0v) is 20.3. The molecule has 4 rings (SSSR count). The Hall–Kier alpha value is -3.00. The van der Waals surface area contributed by atoms with Crippen LogP contribution >= 0.6 is 11.6 Å². The first-order valence-corrected chi connectivity index (χ1v) is 11.9. The smallest absolute Gasteiger partial charge is 0.436 e. The predicted octanol–water partition coefficient (Wildman–Crippen LogP) is 6.45. The van der Waals surface area contributed by atoms with E-state index in [4.69, 9.17) is 16.3 Å². The number of rotatable bonds is 9. The van der Waals surface area contributed by atoms with Crippen molar-refractivity contribution in [1.82, 2.24) is 15.1 Å². The van der Waals surface area contributed by atoms with Gasteiger partial charge in [-0.3, -0.25) is 9.48 Å². The fourth-order valence-electron chi connectivity index (χ4n) is 3.91. The first-order chi connectivity index (χ1) is 16.6. The fourth-order valence-corrected chi connectivity index (χ4v) is 4.31. The molecule has 5 nitrogen and oxygen atoms in total. The monoisotopic (exact) mass is 505 g/mol. The van der Waals surface area contributed by atoms with E-state index in [-0.39, 0.29) is 23.4 Å². The van der Waals surface area contributed by atoms with Crippen molar-refractivity contribution in [3.63, 3.8) is 0 Å². The van der Waals surface area contributed by atoms with Gasteiger partial charge in [0.25, 0.3) is 5.91 Å². The minimum Gasteiger partial charge on any atom is -0.489 e. The number of carbonyl (C=O) groups excluding carboxylic acids is 1. The minimum atomic E-state index is -4.59. The van der Waals surface area contributed by atoms with Crippen molar-refractivity contribution in [1.29, 1.82) is 0 Å². The maximum Gasteiger partial charge on any atom is 0.436 e. The Morgan fingerprint density at radius 1 is 1.20 bits per heavy atom. The molecule has 186 valence electrons. The summed E-state index contributed by atoms with van der Waals surface area (Å²) < 4.78 is 46.9. The van der Waals surface area contributed by atoms with Crippen LogP contribution in [0, 0.1) is 13.8 Å². The largest absolute Gasteiger partial charge is 0.489 e. The highest BCUT2D eigenvalue weighted by Gasteiger charge is 2.41. The Morgan fingerprint density at radius 2 is 1.97 bits per heavy atom. The topological polar surface area (TPSA) is 56.1 Å². The lowest BCUT2D eigenvalue weighted by molar-refractivity contribution is -0.141. The number of benzene rings is 2. The highest BCUT2D eigenvalue weighted by atomic mass is 35.5. The summed E-state index contributed by atoms with van der Waals surface area (Å²) in [5.41, 5.74) is 2.91. The maximum absolute atomic E-state index is 13.2. The van der Waals surface area contributed by atoms with Crippen molar-refractivity contribution < 1.29 is 22.7 Å². The Morgan fingerprint density at radius 3 is 2.69 bits per heavy atom. The molecule has 1 fully saturated rings. The van der Waals surface area contributed by atoms with Crippen LogP contribution in [-0.2, 0) is 19.3 Å². The zero-order valence-electron chi connectivity index (χ0n) is 19.6. The summed E-state index contributed by atoms with van der Waals surface area (Å²) in [5.74, 6) is 0.572. The number of hydrogen-bond donors (Lipinski definition) is 1. The quantitative estimate of drug-likeness (QED) is 0.340. The summed E-state index contributed by atoms with van der Waals surface area (Å²) in [4.78, 5) is 12.6. The van der Waals surface area contributed by atoms with Gasteiger partial charge in [-0.05, 0) is 68.0 Å². The zero-order chi connectivity index (χ0) is 25.2. The third-order valence-corrected chi connectivity index (χ3v) is 6.30. The summed E-state index contributed by atoms with van der Waals surface area (Å²) in [6, 6.07) is 13.2. The summed E-state index contributed by atoms with van der Waals surface area (Å²) in [6.07, 6.45) is -2.55. The molecule has 35 heavy (non-hydrogen) atoms. The second-order valence-electron chi connectivity index (χ2n) is 8.91. The maximum atomic E-state index is 13.2. The molecular formula is C26H27ClF3N3O2. The van der Waals surface area contributed by atoms with Gasteiger partial charge in [0, 0.05) is 24.6 Å². The highest BCUT2D eigenvalue weighted by Crippen LogP contribution is 2.46. The fraction of sp³-hybridized carbons (Fsp3) is 0.385. The van der Waals surface area contributed by atoms with Crippen molar-refractivity contribution >= 4 is 17.5 Å². The standard InChI is InChI=1S/C26H27ClF3N3O2/c1-16-7-8-17(2)21(13-16)35-15-18-5-3-6-20(14-18)25(34)31-11-4-12-33-23(19-9-10-19)22(27)24(32-33)26(28,29)30/h3,5-8,13-14,19H,4,9-12,15H2,1-2H3,(H,31,34). The van der Waals surface area contributed by atoms with Crippen LogP contribution < -0.4 is 10.1 Å². The molecule has 3 aromatic rings. The van der Waals surface area contributed by atoms with Crippen molar-refractivity contribution in [2.75, 3.05) is 6.54 Å². The lowest BCUT2D eigenvalue weighted by Gasteiger charge is -2.11. The van der Waals surface area contributed by atoms with E-state index >= 15 is 0 Å². The summed E-state index contributed by atoms with van der Waals surface area (Å²) in [5, 5.41) is 6.24. The van der Waals surface area contributed by atoms with Gasteiger partial charge in [-0.2, -0.15) is 18.3 Å². The van der Waals surface area contributed by atoms with Gasteiger partial charge in [-0.15, -0.1) is 0 Å². The normalized spacial score (nSPS) is 13.7. The van der Waals surface area contributed by atoms with Crippen LogP contribution in [0.25, 0.3) is 0 Å². The number of aryl methyl sites for hydroxylation is 3. The van der Waals surface area contributed by atoms with E-state index in [1.165, 1.54) is 4.68 Å². The number of ether oxygens (including phenoxy) is 1. The molecule has 0 spiro atoms. The van der Waals surface area contributed by atoms with Crippen molar-refractivity contribution in [3.8, 4) is 5.75 Å². The third kappa shape index (κ3) is 6.17. The molecule has 1 amide bonds. The molecule has 1 heterocycles. The molecule has 1 aliphatic rings. The molecule has 0 unspecified atom stereocenters. The average Bonchev–Trinajstić information content (AvgIpc) is 3.59. The molecule has 1 aliphatic carbocycles. The Bertz CT molecular complexity index is 1220. The number of amides is 1. The van der Waals surface area contributed by atoms with Gasteiger partial charge in [0.05, 0.1) is 10.7 Å². The molecule has 1 N–H and O–H groups in total. The number of nitrogens with one attached hydrogen (secondary N) is 1. The number of hydrogen-bond acceptors (Lipinski definition) is 3. The van der Waals surface area contributed by atoms with Crippen LogP contribution in [0.2, 0.25) is 5.02 Å². The van der Waals surface area contributed by atoms with Gasteiger partial charge >= 0.3 is 6.18 Å². The summed E-state index contributed by atoms with van der Waals surface area (Å²) in [7, 11) is 0. The third-order valence-electron chi connectivity index (χ3n) is 5.92. The van der Waals surface area contributed by atoms with E-state index in [1.807, 2.05) is 38.1 Å². The SMILES string of the molecule is Cc1ccc(C)c(OCc2cccc(C(=O)NCCCn3nc(C(F)(F)F)c(Cl)c3C3CC3)c2)c1. The molecule has 1 saturated carbocycles. The van der Waals surface area contributed by atoms with E-state index in [0.717, 1.165) is 35.3 Å².